The van der Waals surface area contributed by atoms with Crippen LogP contribution in [0.4, 0.5) is 0 Å². The number of piperidine rings is 1. The summed E-state index contributed by atoms with van der Waals surface area (Å²) < 4.78 is 1.02. The van der Waals surface area contributed by atoms with E-state index < -0.39 is 6.10 Å². The van der Waals surface area contributed by atoms with Gasteiger partial charge in [-0.15, -0.1) is 0 Å². The van der Waals surface area contributed by atoms with Crippen molar-refractivity contribution in [3.63, 3.8) is 0 Å². The molecule has 3 rings (SSSR count). The zero-order valence-electron chi connectivity index (χ0n) is 10.6. The van der Waals surface area contributed by atoms with E-state index in [2.05, 4.69) is 26.2 Å². The Morgan fingerprint density at radius 3 is 3.00 bits per heavy atom. The Morgan fingerprint density at radius 1 is 1.32 bits per heavy atom. The number of aliphatic hydroxyl groups is 1. The summed E-state index contributed by atoms with van der Waals surface area (Å²) in [7, 11) is 0. The zero-order valence-corrected chi connectivity index (χ0v) is 12.2. The molecule has 3 nitrogen and oxygen atoms in total. The maximum Gasteiger partial charge on any atom is 0.0963 e. The number of halogens is 1. The Morgan fingerprint density at radius 2 is 2.21 bits per heavy atom. The van der Waals surface area contributed by atoms with E-state index in [9.17, 15) is 5.11 Å². The van der Waals surface area contributed by atoms with Crippen LogP contribution in [-0.4, -0.2) is 22.7 Å². The lowest BCUT2D eigenvalue weighted by molar-refractivity contribution is 0.115. The summed E-state index contributed by atoms with van der Waals surface area (Å²) in [5.41, 5.74) is 1.80. The van der Waals surface area contributed by atoms with E-state index >= 15 is 0 Å². The van der Waals surface area contributed by atoms with Gasteiger partial charge in [0.2, 0.25) is 0 Å². The summed E-state index contributed by atoms with van der Waals surface area (Å²) in [6, 6.07) is 8.05. The van der Waals surface area contributed by atoms with Crippen molar-refractivity contribution in [1.29, 1.82) is 0 Å². The molecule has 1 aliphatic heterocycles. The van der Waals surface area contributed by atoms with Crippen LogP contribution in [-0.2, 0) is 0 Å². The van der Waals surface area contributed by atoms with Crippen molar-refractivity contribution < 1.29 is 5.11 Å². The number of pyridine rings is 1. The van der Waals surface area contributed by atoms with Crippen LogP contribution < -0.4 is 5.32 Å². The summed E-state index contributed by atoms with van der Waals surface area (Å²) >= 11 is 3.54. The molecule has 0 amide bonds. The van der Waals surface area contributed by atoms with Crippen molar-refractivity contribution in [1.82, 2.24) is 10.3 Å². The minimum absolute atomic E-state index is 0.139. The van der Waals surface area contributed by atoms with E-state index in [0.29, 0.717) is 0 Å². The van der Waals surface area contributed by atoms with Gasteiger partial charge in [-0.25, -0.2) is 0 Å². The molecule has 0 saturated carbocycles. The molecular formula is C15H17BrN2O. The van der Waals surface area contributed by atoms with Gasteiger partial charge in [-0.05, 0) is 31.5 Å². The molecule has 0 spiro atoms. The van der Waals surface area contributed by atoms with Gasteiger partial charge in [0.15, 0.2) is 0 Å². The van der Waals surface area contributed by atoms with Crippen LogP contribution in [0.15, 0.2) is 34.9 Å². The first kappa shape index (κ1) is 13.0. The Balaban J connectivity index is 2.02. The lowest BCUT2D eigenvalue weighted by atomic mass is 9.93. The van der Waals surface area contributed by atoms with Crippen LogP contribution in [0, 0.1) is 0 Å². The van der Waals surface area contributed by atoms with Crippen molar-refractivity contribution in [2.75, 3.05) is 6.54 Å². The summed E-state index contributed by atoms with van der Waals surface area (Å²) in [6.45, 7) is 0.990. The topological polar surface area (TPSA) is 45.2 Å². The fourth-order valence-electron chi connectivity index (χ4n) is 2.76. The monoisotopic (exact) mass is 320 g/mol. The Kier molecular flexibility index (Phi) is 3.82. The van der Waals surface area contributed by atoms with Gasteiger partial charge < -0.3 is 10.4 Å². The molecule has 2 aromatic rings. The molecule has 100 valence electrons. The minimum atomic E-state index is -0.495. The van der Waals surface area contributed by atoms with Crippen molar-refractivity contribution in [3.8, 4) is 0 Å². The largest absolute Gasteiger partial charge is 0.387 e. The van der Waals surface area contributed by atoms with Crippen molar-refractivity contribution >= 4 is 26.8 Å². The number of aromatic nitrogens is 1. The molecular weight excluding hydrogens is 304 g/mol. The Labute approximate surface area is 121 Å². The summed E-state index contributed by atoms with van der Waals surface area (Å²) in [4.78, 5) is 4.44. The van der Waals surface area contributed by atoms with Gasteiger partial charge in [-0.3, -0.25) is 4.98 Å². The smallest absolute Gasteiger partial charge is 0.0963 e. The second kappa shape index (κ2) is 5.57. The number of aliphatic hydroxyl groups excluding tert-OH is 1. The number of rotatable bonds is 2. The molecule has 2 unspecified atom stereocenters. The van der Waals surface area contributed by atoms with Gasteiger partial charge in [-0.2, -0.15) is 0 Å². The van der Waals surface area contributed by atoms with Crippen molar-refractivity contribution in [3.05, 3.63) is 40.5 Å². The highest BCUT2D eigenvalue weighted by Crippen LogP contribution is 2.31. The molecule has 2 heterocycles. The van der Waals surface area contributed by atoms with Gasteiger partial charge in [0.1, 0.15) is 0 Å². The van der Waals surface area contributed by atoms with Gasteiger partial charge in [-0.1, -0.05) is 34.5 Å². The minimum Gasteiger partial charge on any atom is -0.387 e. The Bertz CT molecular complexity index is 581. The zero-order chi connectivity index (χ0) is 13.2. The fourth-order valence-corrected chi connectivity index (χ4v) is 3.22. The molecule has 1 aromatic heterocycles. The van der Waals surface area contributed by atoms with E-state index in [1.165, 1.54) is 12.8 Å². The number of hydrogen-bond donors (Lipinski definition) is 2. The van der Waals surface area contributed by atoms with Crippen molar-refractivity contribution in [2.24, 2.45) is 0 Å². The molecule has 1 aromatic carbocycles. The van der Waals surface area contributed by atoms with E-state index in [1.807, 2.05) is 24.3 Å². The fraction of sp³-hybridized carbons (Fsp3) is 0.400. The number of nitrogens with zero attached hydrogens (tertiary/aromatic N) is 1. The Hall–Kier alpha value is -0.970. The molecule has 2 atom stereocenters. The first-order valence-electron chi connectivity index (χ1n) is 6.72. The van der Waals surface area contributed by atoms with Crippen LogP contribution in [0.1, 0.15) is 30.9 Å². The van der Waals surface area contributed by atoms with E-state index in [-0.39, 0.29) is 6.04 Å². The third-order valence-electron chi connectivity index (χ3n) is 3.80. The number of nitrogens with one attached hydrogen (secondary N) is 1. The highest BCUT2D eigenvalue weighted by Gasteiger charge is 2.24. The first-order valence-corrected chi connectivity index (χ1v) is 7.51. The first-order chi connectivity index (χ1) is 9.27. The average molecular weight is 321 g/mol. The van der Waals surface area contributed by atoms with Crippen LogP contribution in [0.2, 0.25) is 0 Å². The van der Waals surface area contributed by atoms with Crippen molar-refractivity contribution in [2.45, 2.75) is 31.4 Å². The van der Waals surface area contributed by atoms with Gasteiger partial charge in [0.25, 0.3) is 0 Å². The molecule has 0 aliphatic carbocycles. The normalized spacial score (nSPS) is 21.5. The van der Waals surface area contributed by atoms with E-state index in [4.69, 9.17) is 0 Å². The molecule has 0 bridgehead atoms. The van der Waals surface area contributed by atoms with E-state index in [0.717, 1.165) is 33.9 Å². The molecule has 4 heteroatoms. The highest BCUT2D eigenvalue weighted by molar-refractivity contribution is 9.10. The quantitative estimate of drug-likeness (QED) is 0.893. The van der Waals surface area contributed by atoms with Gasteiger partial charge in [0.05, 0.1) is 11.6 Å². The van der Waals surface area contributed by atoms with Crippen LogP contribution >= 0.6 is 15.9 Å². The second-order valence-electron chi connectivity index (χ2n) is 5.04. The predicted octanol–water partition coefficient (Wildman–Crippen LogP) is 3.17. The summed E-state index contributed by atoms with van der Waals surface area (Å²) in [6.07, 6.45) is 4.68. The molecule has 2 N–H and O–H groups in total. The summed E-state index contributed by atoms with van der Waals surface area (Å²) in [5.74, 6) is 0. The average Bonchev–Trinajstić information content (AvgIpc) is 2.48. The number of benzene rings is 1. The number of hydrogen-bond acceptors (Lipinski definition) is 3. The molecule has 1 fully saturated rings. The molecule has 1 saturated heterocycles. The highest BCUT2D eigenvalue weighted by atomic mass is 79.9. The molecule has 1 aliphatic rings. The maximum absolute atomic E-state index is 10.6. The third-order valence-corrected chi connectivity index (χ3v) is 4.49. The standard InChI is InChI=1S/C15H17BrN2O/c16-12-7-6-11(14-10(12)4-3-9-18-14)15(19)13-5-1-2-8-17-13/h3-4,6-7,9,13,15,17,19H,1-2,5,8H2. The van der Waals surface area contributed by atoms with Gasteiger partial charge >= 0.3 is 0 Å². The lowest BCUT2D eigenvalue weighted by Gasteiger charge is -2.28. The molecule has 19 heavy (non-hydrogen) atoms. The van der Waals surface area contributed by atoms with E-state index in [1.54, 1.807) is 6.20 Å². The molecule has 0 radical (unpaired) electrons. The third kappa shape index (κ3) is 2.53. The number of fused-ring (bicyclic) bond motifs is 1. The van der Waals surface area contributed by atoms with Crippen LogP contribution in [0.5, 0.6) is 0 Å². The summed E-state index contributed by atoms with van der Waals surface area (Å²) in [5, 5.41) is 15.1. The lowest BCUT2D eigenvalue weighted by Crippen LogP contribution is -2.38. The van der Waals surface area contributed by atoms with Gasteiger partial charge in [0, 0.05) is 27.7 Å². The predicted molar refractivity (Wildman–Crippen MR) is 80.0 cm³/mol. The SMILES string of the molecule is OC(c1ccc(Br)c2cccnc12)C1CCCCN1. The second-order valence-corrected chi connectivity index (χ2v) is 5.89. The maximum atomic E-state index is 10.6. The van der Waals surface area contributed by atoms with Crippen LogP contribution in [0.3, 0.4) is 0 Å². The van der Waals surface area contributed by atoms with Crippen LogP contribution in [0.25, 0.3) is 10.9 Å².